The van der Waals surface area contributed by atoms with E-state index < -0.39 is 0 Å². The van der Waals surface area contributed by atoms with Gasteiger partial charge in [0, 0.05) is 18.5 Å². The highest BCUT2D eigenvalue weighted by atomic mass is 16.1. The topological polar surface area (TPSA) is 20.3 Å². The van der Waals surface area contributed by atoms with Crippen molar-refractivity contribution in [2.24, 2.45) is 11.8 Å². The number of benzene rings is 1. The lowest BCUT2D eigenvalue weighted by Crippen LogP contribution is -2.38. The summed E-state index contributed by atoms with van der Waals surface area (Å²) in [6.45, 7) is 2.29. The van der Waals surface area contributed by atoms with Crippen LogP contribution in [0.4, 0.5) is 0 Å². The van der Waals surface area contributed by atoms with E-state index in [9.17, 15) is 4.79 Å². The summed E-state index contributed by atoms with van der Waals surface area (Å²) in [4.78, 5) is 14.6. The Hall–Kier alpha value is -1.15. The average molecular weight is 229 g/mol. The van der Waals surface area contributed by atoms with Crippen LogP contribution in [0.1, 0.15) is 28.8 Å². The third-order valence-electron chi connectivity index (χ3n) is 4.34. The Morgan fingerprint density at radius 3 is 2.88 bits per heavy atom. The first-order valence-electron chi connectivity index (χ1n) is 6.53. The Labute approximate surface area is 103 Å². The Morgan fingerprint density at radius 1 is 1.18 bits per heavy atom. The Kier molecular flexibility index (Phi) is 2.75. The molecule has 1 aliphatic carbocycles. The molecule has 1 aromatic rings. The molecule has 1 saturated heterocycles. The highest BCUT2D eigenvalue weighted by Gasteiger charge is 2.33. The molecule has 2 heteroatoms. The number of nitrogens with zero attached hydrogens (tertiary/aromatic N) is 1. The lowest BCUT2D eigenvalue weighted by Gasteiger charge is -2.35. The molecule has 0 aromatic heterocycles. The second-order valence-electron chi connectivity index (χ2n) is 5.56. The fraction of sp³-hybridized carbons (Fsp3) is 0.533. The zero-order chi connectivity index (χ0) is 11.8. The highest BCUT2D eigenvalue weighted by Crippen LogP contribution is 2.34. The van der Waals surface area contributed by atoms with Crippen LogP contribution in [0.5, 0.6) is 0 Å². The van der Waals surface area contributed by atoms with Crippen molar-refractivity contribution in [3.05, 3.63) is 35.4 Å². The molecule has 2 nitrogen and oxygen atoms in total. The molecule has 2 aliphatic rings. The van der Waals surface area contributed by atoms with E-state index in [1.807, 2.05) is 12.1 Å². The van der Waals surface area contributed by atoms with Crippen LogP contribution in [0.25, 0.3) is 0 Å². The molecular formula is C15H19NO. The second kappa shape index (κ2) is 4.26. The molecule has 1 aliphatic heterocycles. The van der Waals surface area contributed by atoms with Crippen molar-refractivity contribution in [2.75, 3.05) is 20.1 Å². The maximum atomic E-state index is 12.2. The molecule has 0 radical (unpaired) electrons. The standard InChI is InChI=1S/C15H19NO/c1-16-7-6-11-9-15(17)14-5-3-2-4-12(14)8-13(11)10-16/h2-5,11,13H,6-10H2,1H3/t11-,13+/m0/s1. The molecule has 0 N–H and O–H groups in total. The van der Waals surface area contributed by atoms with E-state index in [0.29, 0.717) is 17.6 Å². The monoisotopic (exact) mass is 229 g/mol. The molecule has 2 atom stereocenters. The summed E-state index contributed by atoms with van der Waals surface area (Å²) in [6, 6.07) is 8.17. The lowest BCUT2D eigenvalue weighted by atomic mass is 9.81. The van der Waals surface area contributed by atoms with E-state index in [4.69, 9.17) is 0 Å². The summed E-state index contributed by atoms with van der Waals surface area (Å²) in [5.41, 5.74) is 2.24. The highest BCUT2D eigenvalue weighted by molar-refractivity contribution is 5.98. The SMILES string of the molecule is CN1CC[C@H]2CC(=O)c3ccccc3C[C@@H]2C1. The molecule has 0 unspecified atom stereocenters. The van der Waals surface area contributed by atoms with Crippen molar-refractivity contribution in [1.29, 1.82) is 0 Å². The zero-order valence-electron chi connectivity index (χ0n) is 10.4. The van der Waals surface area contributed by atoms with Gasteiger partial charge in [0.2, 0.25) is 0 Å². The minimum Gasteiger partial charge on any atom is -0.306 e. The van der Waals surface area contributed by atoms with Gasteiger partial charge in [0.05, 0.1) is 0 Å². The number of likely N-dealkylation sites (tertiary alicyclic amines) is 1. The van der Waals surface area contributed by atoms with E-state index in [0.717, 1.165) is 31.5 Å². The van der Waals surface area contributed by atoms with Crippen LogP contribution in [0.2, 0.25) is 0 Å². The molecule has 0 amide bonds. The number of carbonyl (C=O) groups excluding carboxylic acids is 1. The number of hydrogen-bond donors (Lipinski definition) is 0. The minimum absolute atomic E-state index is 0.359. The largest absolute Gasteiger partial charge is 0.306 e. The van der Waals surface area contributed by atoms with Gasteiger partial charge in [-0.3, -0.25) is 4.79 Å². The van der Waals surface area contributed by atoms with Crippen molar-refractivity contribution >= 4 is 5.78 Å². The van der Waals surface area contributed by atoms with Gasteiger partial charge in [-0.1, -0.05) is 24.3 Å². The zero-order valence-corrected chi connectivity index (χ0v) is 10.4. The quantitative estimate of drug-likeness (QED) is 0.681. The van der Waals surface area contributed by atoms with Crippen molar-refractivity contribution in [3.63, 3.8) is 0 Å². The third kappa shape index (κ3) is 2.02. The van der Waals surface area contributed by atoms with Crippen LogP contribution in [0.15, 0.2) is 24.3 Å². The van der Waals surface area contributed by atoms with Gasteiger partial charge in [-0.25, -0.2) is 0 Å². The molecule has 17 heavy (non-hydrogen) atoms. The molecule has 0 saturated carbocycles. The van der Waals surface area contributed by atoms with Crippen LogP contribution in [-0.2, 0) is 6.42 Å². The number of Topliss-reactive ketones (excluding diaryl/α,β-unsaturated/α-hetero) is 1. The summed E-state index contributed by atoms with van der Waals surface area (Å²) < 4.78 is 0. The van der Waals surface area contributed by atoms with Crippen LogP contribution < -0.4 is 0 Å². The summed E-state index contributed by atoms with van der Waals surface area (Å²) in [7, 11) is 2.19. The smallest absolute Gasteiger partial charge is 0.163 e. The van der Waals surface area contributed by atoms with E-state index in [2.05, 4.69) is 24.1 Å². The molecule has 90 valence electrons. The number of rotatable bonds is 0. The number of hydrogen-bond acceptors (Lipinski definition) is 2. The second-order valence-corrected chi connectivity index (χ2v) is 5.56. The normalized spacial score (nSPS) is 29.4. The molecular weight excluding hydrogens is 210 g/mol. The van der Waals surface area contributed by atoms with E-state index in [1.54, 1.807) is 0 Å². The molecule has 1 heterocycles. The van der Waals surface area contributed by atoms with Gasteiger partial charge < -0.3 is 4.90 Å². The Balaban J connectivity index is 1.94. The first-order valence-corrected chi connectivity index (χ1v) is 6.53. The molecule has 3 rings (SSSR count). The van der Waals surface area contributed by atoms with Crippen molar-refractivity contribution in [3.8, 4) is 0 Å². The van der Waals surface area contributed by atoms with Crippen molar-refractivity contribution in [1.82, 2.24) is 4.90 Å². The summed E-state index contributed by atoms with van der Waals surface area (Å²) in [5.74, 6) is 1.63. The fourth-order valence-corrected chi connectivity index (χ4v) is 3.36. The predicted molar refractivity (Wildman–Crippen MR) is 68.2 cm³/mol. The lowest BCUT2D eigenvalue weighted by molar-refractivity contribution is 0.0890. The average Bonchev–Trinajstić information content (AvgIpc) is 2.46. The summed E-state index contributed by atoms with van der Waals surface area (Å²) >= 11 is 0. The van der Waals surface area contributed by atoms with E-state index in [1.165, 1.54) is 12.0 Å². The third-order valence-corrected chi connectivity index (χ3v) is 4.34. The molecule has 1 aromatic carbocycles. The van der Waals surface area contributed by atoms with E-state index in [-0.39, 0.29) is 0 Å². The van der Waals surface area contributed by atoms with Gasteiger partial charge in [-0.15, -0.1) is 0 Å². The molecule has 0 spiro atoms. The molecule has 1 fully saturated rings. The number of carbonyl (C=O) groups is 1. The van der Waals surface area contributed by atoms with E-state index >= 15 is 0 Å². The maximum Gasteiger partial charge on any atom is 0.163 e. The Bertz CT molecular complexity index is 440. The summed E-state index contributed by atoms with van der Waals surface area (Å²) in [6.07, 6.45) is 3.02. The predicted octanol–water partition coefficient (Wildman–Crippen LogP) is 2.38. The van der Waals surface area contributed by atoms with Gasteiger partial charge in [0.15, 0.2) is 5.78 Å². The number of fused-ring (bicyclic) bond motifs is 2. The first kappa shape index (κ1) is 11.0. The fourth-order valence-electron chi connectivity index (χ4n) is 3.36. The minimum atomic E-state index is 0.359. The van der Waals surface area contributed by atoms with Gasteiger partial charge in [0.25, 0.3) is 0 Å². The van der Waals surface area contributed by atoms with Gasteiger partial charge in [-0.05, 0) is 43.8 Å². The van der Waals surface area contributed by atoms with Crippen LogP contribution >= 0.6 is 0 Å². The van der Waals surface area contributed by atoms with Gasteiger partial charge in [-0.2, -0.15) is 0 Å². The maximum absolute atomic E-state index is 12.2. The van der Waals surface area contributed by atoms with Gasteiger partial charge in [0.1, 0.15) is 0 Å². The van der Waals surface area contributed by atoms with Gasteiger partial charge >= 0.3 is 0 Å². The summed E-state index contributed by atoms with van der Waals surface area (Å²) in [5, 5.41) is 0. The van der Waals surface area contributed by atoms with Crippen LogP contribution in [0, 0.1) is 11.8 Å². The first-order chi connectivity index (χ1) is 8.24. The molecule has 0 bridgehead atoms. The van der Waals surface area contributed by atoms with Crippen molar-refractivity contribution in [2.45, 2.75) is 19.3 Å². The number of ketones is 1. The van der Waals surface area contributed by atoms with Crippen molar-refractivity contribution < 1.29 is 4.79 Å². The van der Waals surface area contributed by atoms with Crippen LogP contribution in [-0.4, -0.2) is 30.8 Å². The Morgan fingerprint density at radius 2 is 2.00 bits per heavy atom. The van der Waals surface area contributed by atoms with Crippen LogP contribution in [0.3, 0.4) is 0 Å². The number of piperidine rings is 1.